The van der Waals surface area contributed by atoms with Crippen LogP contribution in [0, 0.1) is 33.5 Å². The minimum Gasteiger partial charge on any atom is -0.385 e. The summed E-state index contributed by atoms with van der Waals surface area (Å²) in [4.78, 5) is 25.3. The molecule has 6 atom stereocenters. The van der Waals surface area contributed by atoms with Crippen LogP contribution in [0.15, 0.2) is 12.2 Å². The minimum atomic E-state index is -0.863. The number of carbonyl (C=O) groups excluding carboxylic acids is 2. The zero-order valence-electron chi connectivity index (χ0n) is 14.7. The molecule has 1 spiro atoms. The number of aliphatic hydroxyl groups is 1. The molecule has 4 rings (SSSR count). The van der Waals surface area contributed by atoms with E-state index < -0.39 is 11.5 Å². The van der Waals surface area contributed by atoms with Crippen molar-refractivity contribution in [3.63, 3.8) is 0 Å². The number of Topliss-reactive ketones (excluding diaryl/α,β-unsaturated/α-hetero) is 2. The number of rotatable bonds is 0. The molecule has 1 N–H and O–H groups in total. The normalized spacial score (nSPS) is 53.9. The number of allylic oxidation sites excluding steroid dienone is 2. The van der Waals surface area contributed by atoms with Crippen molar-refractivity contribution < 1.29 is 14.7 Å². The molecule has 23 heavy (non-hydrogen) atoms. The summed E-state index contributed by atoms with van der Waals surface area (Å²) in [6, 6.07) is 0. The Balaban J connectivity index is 1.81. The molecule has 0 heterocycles. The standard InChI is InChI=1S/C20H28O3/c1-17(2)13-5-6-20-8-7-18(3,11-20)15(22)9-14(20)19(13,4)10-12(21)16(17)23/h7-8,13-14,16,23H,5-6,9-11H2,1-4H3/t13-,14+,16-,18-,19-,20+/m1/s1. The molecule has 0 radical (unpaired) electrons. The van der Waals surface area contributed by atoms with Crippen molar-refractivity contribution in [2.75, 3.05) is 0 Å². The predicted molar refractivity (Wildman–Crippen MR) is 87.7 cm³/mol. The maximum Gasteiger partial charge on any atom is 0.162 e. The zero-order chi connectivity index (χ0) is 16.8. The Hall–Kier alpha value is -0.960. The molecular weight excluding hydrogens is 288 g/mol. The van der Waals surface area contributed by atoms with E-state index in [2.05, 4.69) is 26.0 Å². The van der Waals surface area contributed by atoms with Crippen LogP contribution >= 0.6 is 0 Å². The maximum atomic E-state index is 12.8. The fourth-order valence-electron chi connectivity index (χ4n) is 6.97. The molecule has 126 valence electrons. The summed E-state index contributed by atoms with van der Waals surface area (Å²) < 4.78 is 0. The highest BCUT2D eigenvalue weighted by Gasteiger charge is 2.67. The number of hydrogen-bond donors (Lipinski definition) is 1. The molecule has 0 unspecified atom stereocenters. The number of ketones is 2. The summed E-state index contributed by atoms with van der Waals surface area (Å²) in [7, 11) is 0. The molecule has 0 amide bonds. The van der Waals surface area contributed by atoms with Gasteiger partial charge in [0.1, 0.15) is 11.9 Å². The van der Waals surface area contributed by atoms with E-state index in [1.54, 1.807) is 0 Å². The Labute approximate surface area is 138 Å². The van der Waals surface area contributed by atoms with Gasteiger partial charge in [-0.2, -0.15) is 0 Å². The zero-order valence-corrected chi connectivity index (χ0v) is 14.7. The smallest absolute Gasteiger partial charge is 0.162 e. The Morgan fingerprint density at radius 3 is 2.48 bits per heavy atom. The molecule has 0 saturated heterocycles. The first-order chi connectivity index (χ1) is 10.6. The van der Waals surface area contributed by atoms with Gasteiger partial charge in [0.25, 0.3) is 0 Å². The Morgan fingerprint density at radius 2 is 1.78 bits per heavy atom. The van der Waals surface area contributed by atoms with Crippen LogP contribution < -0.4 is 0 Å². The van der Waals surface area contributed by atoms with E-state index in [1.807, 2.05) is 13.8 Å². The van der Waals surface area contributed by atoms with Gasteiger partial charge in [0, 0.05) is 23.7 Å². The van der Waals surface area contributed by atoms with E-state index in [4.69, 9.17) is 0 Å². The van der Waals surface area contributed by atoms with Gasteiger partial charge >= 0.3 is 0 Å². The van der Waals surface area contributed by atoms with Crippen LogP contribution in [0.1, 0.15) is 59.8 Å². The average molecular weight is 316 g/mol. The van der Waals surface area contributed by atoms with Gasteiger partial charge in [0.2, 0.25) is 0 Å². The number of hydrogen-bond acceptors (Lipinski definition) is 3. The number of carbonyl (C=O) groups is 2. The van der Waals surface area contributed by atoms with Crippen molar-refractivity contribution in [3.05, 3.63) is 12.2 Å². The van der Waals surface area contributed by atoms with Gasteiger partial charge in [-0.05, 0) is 48.9 Å². The van der Waals surface area contributed by atoms with Crippen LogP contribution in [-0.2, 0) is 9.59 Å². The second kappa shape index (κ2) is 4.17. The van der Waals surface area contributed by atoms with Crippen LogP contribution in [0.25, 0.3) is 0 Å². The third kappa shape index (κ3) is 1.70. The predicted octanol–water partition coefficient (Wildman–Crippen LogP) is 3.30. The first kappa shape index (κ1) is 15.6. The molecule has 0 aromatic carbocycles. The van der Waals surface area contributed by atoms with Crippen LogP contribution in [0.3, 0.4) is 0 Å². The van der Waals surface area contributed by atoms with Gasteiger partial charge < -0.3 is 5.11 Å². The Morgan fingerprint density at radius 1 is 1.09 bits per heavy atom. The molecular formula is C20H28O3. The number of aliphatic hydroxyl groups excluding tert-OH is 1. The quantitative estimate of drug-likeness (QED) is 0.698. The largest absolute Gasteiger partial charge is 0.385 e. The monoisotopic (exact) mass is 316 g/mol. The van der Waals surface area contributed by atoms with Gasteiger partial charge in [-0.15, -0.1) is 0 Å². The Kier molecular flexibility index (Phi) is 2.82. The Bertz CT molecular complexity index is 633. The van der Waals surface area contributed by atoms with Gasteiger partial charge in [-0.3, -0.25) is 9.59 Å². The van der Waals surface area contributed by atoms with Crippen molar-refractivity contribution in [2.24, 2.45) is 33.5 Å². The lowest BCUT2D eigenvalue weighted by Crippen LogP contribution is -2.63. The average Bonchev–Trinajstić information content (AvgIpc) is 2.75. The maximum absolute atomic E-state index is 12.8. The second-order valence-electron chi connectivity index (χ2n) is 9.80. The van der Waals surface area contributed by atoms with Crippen molar-refractivity contribution in [1.82, 2.24) is 0 Å². The highest BCUT2D eigenvalue weighted by atomic mass is 16.3. The van der Waals surface area contributed by atoms with E-state index in [0.29, 0.717) is 24.5 Å². The van der Waals surface area contributed by atoms with Crippen molar-refractivity contribution in [1.29, 1.82) is 0 Å². The molecule has 3 saturated carbocycles. The third-order valence-corrected chi connectivity index (χ3v) is 8.15. The van der Waals surface area contributed by atoms with E-state index in [9.17, 15) is 14.7 Å². The minimum absolute atomic E-state index is 0.0337. The van der Waals surface area contributed by atoms with Crippen molar-refractivity contribution in [3.8, 4) is 0 Å². The van der Waals surface area contributed by atoms with Crippen LogP contribution in [0.2, 0.25) is 0 Å². The van der Waals surface area contributed by atoms with Gasteiger partial charge in [0.05, 0.1) is 0 Å². The van der Waals surface area contributed by atoms with Gasteiger partial charge in [0.15, 0.2) is 5.78 Å². The van der Waals surface area contributed by atoms with E-state index in [-0.39, 0.29) is 27.9 Å². The van der Waals surface area contributed by atoms with Gasteiger partial charge in [-0.25, -0.2) is 0 Å². The molecule has 3 nitrogen and oxygen atoms in total. The molecule has 0 aromatic heterocycles. The summed E-state index contributed by atoms with van der Waals surface area (Å²) >= 11 is 0. The lowest BCUT2D eigenvalue weighted by Gasteiger charge is -2.64. The number of fused-ring (bicyclic) bond motifs is 3. The van der Waals surface area contributed by atoms with E-state index in [1.165, 1.54) is 0 Å². The fourth-order valence-corrected chi connectivity index (χ4v) is 6.97. The molecule has 2 bridgehead atoms. The van der Waals surface area contributed by atoms with Gasteiger partial charge in [-0.1, -0.05) is 32.9 Å². The lowest BCUT2D eigenvalue weighted by atomic mass is 9.40. The second-order valence-corrected chi connectivity index (χ2v) is 9.80. The van der Waals surface area contributed by atoms with Crippen LogP contribution in [0.4, 0.5) is 0 Å². The first-order valence-corrected chi connectivity index (χ1v) is 9.00. The summed E-state index contributed by atoms with van der Waals surface area (Å²) in [6.45, 7) is 8.37. The summed E-state index contributed by atoms with van der Waals surface area (Å²) in [5, 5.41) is 10.4. The summed E-state index contributed by atoms with van der Waals surface area (Å²) in [5.41, 5.74) is -0.776. The molecule has 3 heteroatoms. The molecule has 0 aromatic rings. The van der Waals surface area contributed by atoms with E-state index in [0.717, 1.165) is 19.3 Å². The highest BCUT2D eigenvalue weighted by molar-refractivity contribution is 5.90. The molecule has 0 aliphatic heterocycles. The van der Waals surface area contributed by atoms with E-state index >= 15 is 0 Å². The van der Waals surface area contributed by atoms with Crippen LogP contribution in [0.5, 0.6) is 0 Å². The molecule has 4 aliphatic rings. The van der Waals surface area contributed by atoms with Crippen molar-refractivity contribution >= 4 is 11.6 Å². The topological polar surface area (TPSA) is 54.4 Å². The SMILES string of the molecule is CC1(C)[C@H](O)C(=O)C[C@]2(C)[C@@H]1CC[C@]13C=C[C@](C)(C1)C(=O)C[C@H]32. The highest BCUT2D eigenvalue weighted by Crippen LogP contribution is 2.70. The lowest BCUT2D eigenvalue weighted by molar-refractivity contribution is -0.185. The molecule has 3 fully saturated rings. The first-order valence-electron chi connectivity index (χ1n) is 9.00. The summed E-state index contributed by atoms with van der Waals surface area (Å²) in [6.07, 6.45) is 7.65. The summed E-state index contributed by atoms with van der Waals surface area (Å²) in [5.74, 6) is 0.840. The van der Waals surface area contributed by atoms with Crippen LogP contribution in [-0.4, -0.2) is 22.8 Å². The molecule has 4 aliphatic carbocycles. The third-order valence-electron chi connectivity index (χ3n) is 8.15. The fraction of sp³-hybridized carbons (Fsp3) is 0.800. The van der Waals surface area contributed by atoms with Crippen molar-refractivity contribution in [2.45, 2.75) is 65.9 Å².